The molecule has 0 aromatic heterocycles. The molecule has 0 aliphatic carbocycles. The van der Waals surface area contributed by atoms with E-state index in [1.165, 1.54) is 36.5 Å². The fourth-order valence-corrected chi connectivity index (χ4v) is 2.99. The Balaban J connectivity index is 1.93. The van der Waals surface area contributed by atoms with Crippen LogP contribution in [0.2, 0.25) is 0 Å². The number of unbranched alkanes of at least 4 members (excludes halogenated alkanes) is 2. The van der Waals surface area contributed by atoms with Crippen molar-refractivity contribution in [1.29, 1.82) is 0 Å². The second-order valence-corrected chi connectivity index (χ2v) is 6.46. The molecule has 0 unspecified atom stereocenters. The van der Waals surface area contributed by atoms with Gasteiger partial charge in [-0.15, -0.1) is 0 Å². The third-order valence-corrected chi connectivity index (χ3v) is 4.53. The molecule has 0 fully saturated rings. The van der Waals surface area contributed by atoms with E-state index < -0.39 is 0 Å². The molecule has 0 spiro atoms. The molecule has 23 heavy (non-hydrogen) atoms. The van der Waals surface area contributed by atoms with Gasteiger partial charge in [0.2, 0.25) is 0 Å². The van der Waals surface area contributed by atoms with Crippen molar-refractivity contribution in [2.24, 2.45) is 0 Å². The van der Waals surface area contributed by atoms with Gasteiger partial charge in [-0.2, -0.15) is 0 Å². The summed E-state index contributed by atoms with van der Waals surface area (Å²) in [5.74, 6) is 0. The lowest BCUT2D eigenvalue weighted by Crippen LogP contribution is -2.28. The van der Waals surface area contributed by atoms with Crippen molar-refractivity contribution in [1.82, 2.24) is 4.90 Å². The first-order valence-electron chi connectivity index (χ1n) is 9.13. The molecule has 2 heteroatoms. The zero-order valence-electron chi connectivity index (χ0n) is 14.7. The lowest BCUT2D eigenvalue weighted by atomic mass is 10.0. The molecule has 0 aliphatic heterocycles. The topological polar surface area (TPSA) is 23.5 Å². The predicted molar refractivity (Wildman–Crippen MR) is 99.8 cm³/mol. The molecule has 2 nitrogen and oxygen atoms in total. The van der Waals surface area contributed by atoms with Gasteiger partial charge in [0.25, 0.3) is 0 Å². The first-order chi connectivity index (χ1) is 11.2. The third kappa shape index (κ3) is 5.63. The fraction of sp³-hybridized carbons (Fsp3) is 0.524. The molecular weight excluding hydrogens is 282 g/mol. The van der Waals surface area contributed by atoms with Crippen molar-refractivity contribution < 1.29 is 5.11 Å². The molecule has 0 radical (unpaired) electrons. The minimum absolute atomic E-state index is 0.370. The van der Waals surface area contributed by atoms with Crippen LogP contribution in [0.15, 0.2) is 42.5 Å². The summed E-state index contributed by atoms with van der Waals surface area (Å²) < 4.78 is 0. The van der Waals surface area contributed by atoms with E-state index in [1.54, 1.807) is 0 Å². The van der Waals surface area contributed by atoms with Gasteiger partial charge in [-0.05, 0) is 54.8 Å². The zero-order chi connectivity index (χ0) is 16.5. The normalized spacial score (nSPS) is 12.9. The maximum Gasteiger partial charge on any atom is 0.0802 e. The van der Waals surface area contributed by atoms with Crippen LogP contribution in [0.4, 0.5) is 0 Å². The molecule has 0 saturated heterocycles. The summed E-state index contributed by atoms with van der Waals surface area (Å²) in [5, 5.41) is 13.0. The van der Waals surface area contributed by atoms with E-state index in [2.05, 4.69) is 61.2 Å². The monoisotopic (exact) mass is 313 g/mol. The van der Waals surface area contributed by atoms with Crippen molar-refractivity contribution in [2.75, 3.05) is 19.6 Å². The molecule has 2 aromatic rings. The second kappa shape index (κ2) is 9.69. The number of rotatable bonds is 10. The van der Waals surface area contributed by atoms with Gasteiger partial charge >= 0.3 is 0 Å². The van der Waals surface area contributed by atoms with Gasteiger partial charge in [0, 0.05) is 6.54 Å². The molecule has 0 amide bonds. The quantitative estimate of drug-likeness (QED) is 0.654. The van der Waals surface area contributed by atoms with Crippen molar-refractivity contribution in [3.8, 4) is 0 Å². The van der Waals surface area contributed by atoms with Gasteiger partial charge in [-0.3, -0.25) is 0 Å². The predicted octanol–water partition coefficient (Wildman–Crippen LogP) is 5.17. The Bertz CT molecular complexity index is 573. The standard InChI is InChI=1S/C21H31NO/c1-3-5-14-22(15-6-4-2)16-13-21(23)20-12-11-18-9-7-8-10-19(18)17-20/h7-12,17,21,23H,3-6,13-16H2,1-2H3/t21-/m0/s1. The highest BCUT2D eigenvalue weighted by atomic mass is 16.3. The number of fused-ring (bicyclic) bond motifs is 1. The van der Waals surface area contributed by atoms with Crippen LogP contribution in [-0.2, 0) is 0 Å². The van der Waals surface area contributed by atoms with E-state index in [1.807, 2.05) is 0 Å². The fourth-order valence-electron chi connectivity index (χ4n) is 2.99. The Morgan fingerprint density at radius 3 is 2.17 bits per heavy atom. The van der Waals surface area contributed by atoms with Crippen LogP contribution in [0.5, 0.6) is 0 Å². The van der Waals surface area contributed by atoms with E-state index in [4.69, 9.17) is 0 Å². The number of benzene rings is 2. The van der Waals surface area contributed by atoms with Gasteiger partial charge in [0.15, 0.2) is 0 Å². The summed E-state index contributed by atoms with van der Waals surface area (Å²) in [5.41, 5.74) is 1.04. The third-order valence-electron chi connectivity index (χ3n) is 4.53. The van der Waals surface area contributed by atoms with E-state index in [-0.39, 0.29) is 6.10 Å². The highest BCUT2D eigenvalue weighted by Gasteiger charge is 2.11. The molecule has 0 heterocycles. The maximum atomic E-state index is 10.6. The van der Waals surface area contributed by atoms with Gasteiger partial charge in [-0.25, -0.2) is 0 Å². The van der Waals surface area contributed by atoms with Crippen LogP contribution >= 0.6 is 0 Å². The summed E-state index contributed by atoms with van der Waals surface area (Å²) in [4.78, 5) is 2.51. The molecule has 1 N–H and O–H groups in total. The van der Waals surface area contributed by atoms with Crippen molar-refractivity contribution in [2.45, 2.75) is 52.1 Å². The van der Waals surface area contributed by atoms with Crippen LogP contribution in [0.3, 0.4) is 0 Å². The average Bonchev–Trinajstić information content (AvgIpc) is 2.60. The maximum absolute atomic E-state index is 10.6. The van der Waals surface area contributed by atoms with Crippen molar-refractivity contribution in [3.63, 3.8) is 0 Å². The summed E-state index contributed by atoms with van der Waals surface area (Å²) in [6.45, 7) is 7.76. The molecule has 0 saturated carbocycles. The molecule has 126 valence electrons. The summed E-state index contributed by atoms with van der Waals surface area (Å²) in [6.07, 6.45) is 5.40. The van der Waals surface area contributed by atoms with E-state index in [0.717, 1.165) is 31.6 Å². The minimum atomic E-state index is -0.370. The summed E-state index contributed by atoms with van der Waals surface area (Å²) in [7, 11) is 0. The van der Waals surface area contributed by atoms with Gasteiger partial charge in [-0.1, -0.05) is 63.1 Å². The molecule has 2 rings (SSSR count). The first-order valence-corrected chi connectivity index (χ1v) is 9.13. The van der Waals surface area contributed by atoms with Gasteiger partial charge in [0.05, 0.1) is 6.10 Å². The Labute approximate surface area is 141 Å². The van der Waals surface area contributed by atoms with Crippen LogP contribution in [0.25, 0.3) is 10.8 Å². The van der Waals surface area contributed by atoms with E-state index in [0.29, 0.717) is 0 Å². The number of hydrogen-bond donors (Lipinski definition) is 1. The average molecular weight is 313 g/mol. The minimum Gasteiger partial charge on any atom is -0.388 e. The van der Waals surface area contributed by atoms with Gasteiger partial charge < -0.3 is 10.0 Å². The molecule has 0 bridgehead atoms. The van der Waals surface area contributed by atoms with Crippen LogP contribution in [0, 0.1) is 0 Å². The SMILES string of the molecule is CCCCN(CCCC)CC[C@H](O)c1ccc2ccccc2c1. The molecule has 1 atom stereocenters. The van der Waals surface area contributed by atoms with Gasteiger partial charge in [0.1, 0.15) is 0 Å². The first kappa shape index (κ1) is 18.0. The summed E-state index contributed by atoms with van der Waals surface area (Å²) in [6, 6.07) is 14.6. The number of aliphatic hydroxyl groups is 1. The van der Waals surface area contributed by atoms with Crippen molar-refractivity contribution >= 4 is 10.8 Å². The lowest BCUT2D eigenvalue weighted by Gasteiger charge is -2.23. The van der Waals surface area contributed by atoms with Crippen LogP contribution < -0.4 is 0 Å². The highest BCUT2D eigenvalue weighted by molar-refractivity contribution is 5.83. The van der Waals surface area contributed by atoms with E-state index in [9.17, 15) is 5.11 Å². The number of hydrogen-bond acceptors (Lipinski definition) is 2. The Kier molecular flexibility index (Phi) is 7.57. The smallest absolute Gasteiger partial charge is 0.0802 e. The Hall–Kier alpha value is -1.38. The Morgan fingerprint density at radius 2 is 1.52 bits per heavy atom. The van der Waals surface area contributed by atoms with Crippen molar-refractivity contribution in [3.05, 3.63) is 48.0 Å². The second-order valence-electron chi connectivity index (χ2n) is 6.46. The highest BCUT2D eigenvalue weighted by Crippen LogP contribution is 2.22. The van der Waals surface area contributed by atoms with Crippen LogP contribution in [0.1, 0.15) is 57.6 Å². The van der Waals surface area contributed by atoms with Crippen LogP contribution in [-0.4, -0.2) is 29.6 Å². The number of aliphatic hydroxyl groups excluding tert-OH is 1. The Morgan fingerprint density at radius 1 is 0.870 bits per heavy atom. The lowest BCUT2D eigenvalue weighted by molar-refractivity contribution is 0.140. The summed E-state index contributed by atoms with van der Waals surface area (Å²) >= 11 is 0. The molecule has 0 aliphatic rings. The van der Waals surface area contributed by atoms with E-state index >= 15 is 0 Å². The molecular formula is C21H31NO. The largest absolute Gasteiger partial charge is 0.388 e. The molecule has 2 aromatic carbocycles. The number of nitrogens with zero attached hydrogens (tertiary/aromatic N) is 1. The zero-order valence-corrected chi connectivity index (χ0v) is 14.7.